The van der Waals surface area contributed by atoms with Crippen molar-refractivity contribution in [1.82, 2.24) is 5.32 Å². The Bertz CT molecular complexity index is 595. The quantitative estimate of drug-likeness (QED) is 0.799. The lowest BCUT2D eigenvalue weighted by Crippen LogP contribution is -2.47. The first-order chi connectivity index (χ1) is 12.1. The van der Waals surface area contributed by atoms with Gasteiger partial charge in [-0.05, 0) is 80.2 Å². The number of hydrogen-bond donors (Lipinski definition) is 1. The van der Waals surface area contributed by atoms with Crippen molar-refractivity contribution < 1.29 is 13.9 Å². The Kier molecular flexibility index (Phi) is 4.70. The molecular formula is C21H28FNO2. The molecule has 4 aliphatic carbocycles. The Morgan fingerprint density at radius 2 is 1.76 bits per heavy atom. The SMILES string of the molecule is O=C(CCOc1ccccc1F)NCCC12CC3CC(CC(C3)C1)C2. The summed E-state index contributed by atoms with van der Waals surface area (Å²) in [5.74, 6) is 2.69. The molecule has 0 atom stereocenters. The van der Waals surface area contributed by atoms with E-state index in [1.54, 1.807) is 18.2 Å². The smallest absolute Gasteiger partial charge is 0.223 e. The maximum atomic E-state index is 13.5. The second-order valence-electron chi connectivity index (χ2n) is 8.55. The van der Waals surface area contributed by atoms with Crippen LogP contribution in [-0.4, -0.2) is 19.1 Å². The predicted octanol–water partition coefficient (Wildman–Crippen LogP) is 4.32. The molecule has 1 aromatic rings. The standard InChI is InChI=1S/C21H28FNO2/c22-18-3-1-2-4-19(18)25-8-5-20(24)23-7-6-21-12-15-9-16(13-21)11-17(10-15)14-21/h1-4,15-17H,5-14H2,(H,23,24). The summed E-state index contributed by atoms with van der Waals surface area (Å²) in [6.07, 6.45) is 9.91. The molecule has 4 saturated carbocycles. The molecule has 4 fully saturated rings. The van der Waals surface area contributed by atoms with E-state index in [1.807, 2.05) is 0 Å². The first-order valence-corrected chi connectivity index (χ1v) is 9.76. The molecule has 5 rings (SSSR count). The van der Waals surface area contributed by atoms with Gasteiger partial charge in [0.1, 0.15) is 0 Å². The first kappa shape index (κ1) is 16.9. The Morgan fingerprint density at radius 3 is 2.40 bits per heavy atom. The molecule has 4 bridgehead atoms. The van der Waals surface area contributed by atoms with Gasteiger partial charge in [-0.25, -0.2) is 4.39 Å². The molecule has 136 valence electrons. The average molecular weight is 345 g/mol. The minimum Gasteiger partial charge on any atom is -0.490 e. The fraction of sp³-hybridized carbons (Fsp3) is 0.667. The topological polar surface area (TPSA) is 38.3 Å². The summed E-state index contributed by atoms with van der Waals surface area (Å²) in [6, 6.07) is 6.30. The number of amides is 1. The number of carbonyl (C=O) groups is 1. The molecule has 0 unspecified atom stereocenters. The van der Waals surface area contributed by atoms with Gasteiger partial charge < -0.3 is 10.1 Å². The van der Waals surface area contributed by atoms with E-state index >= 15 is 0 Å². The second-order valence-corrected chi connectivity index (χ2v) is 8.55. The van der Waals surface area contributed by atoms with Gasteiger partial charge in [0.05, 0.1) is 13.0 Å². The van der Waals surface area contributed by atoms with Crippen LogP contribution in [0.4, 0.5) is 4.39 Å². The Labute approximate surface area is 149 Å². The summed E-state index contributed by atoms with van der Waals surface area (Å²) >= 11 is 0. The van der Waals surface area contributed by atoms with Gasteiger partial charge in [-0.3, -0.25) is 4.79 Å². The fourth-order valence-corrected chi connectivity index (χ4v) is 5.97. The van der Waals surface area contributed by atoms with Crippen LogP contribution in [0.15, 0.2) is 24.3 Å². The van der Waals surface area contributed by atoms with E-state index in [0.717, 1.165) is 30.7 Å². The van der Waals surface area contributed by atoms with E-state index in [4.69, 9.17) is 4.74 Å². The summed E-state index contributed by atoms with van der Waals surface area (Å²) in [4.78, 5) is 12.0. The predicted molar refractivity (Wildman–Crippen MR) is 94.7 cm³/mol. The van der Waals surface area contributed by atoms with Gasteiger partial charge in [0.2, 0.25) is 5.91 Å². The van der Waals surface area contributed by atoms with Gasteiger partial charge in [-0.2, -0.15) is 0 Å². The number of rotatable bonds is 7. The Morgan fingerprint density at radius 1 is 1.12 bits per heavy atom. The zero-order chi connectivity index (χ0) is 17.3. The molecule has 4 aliphatic rings. The van der Waals surface area contributed by atoms with Gasteiger partial charge in [0.25, 0.3) is 0 Å². The fourth-order valence-electron chi connectivity index (χ4n) is 5.97. The van der Waals surface area contributed by atoms with Crippen molar-refractivity contribution >= 4 is 5.91 Å². The van der Waals surface area contributed by atoms with Crippen molar-refractivity contribution in [2.75, 3.05) is 13.2 Å². The van der Waals surface area contributed by atoms with Crippen LogP contribution in [-0.2, 0) is 4.79 Å². The molecule has 0 spiro atoms. The minimum absolute atomic E-state index is 0.000989. The lowest BCUT2D eigenvalue weighted by Gasteiger charge is -2.57. The number of nitrogens with one attached hydrogen (secondary N) is 1. The van der Waals surface area contributed by atoms with Gasteiger partial charge in [-0.1, -0.05) is 12.1 Å². The maximum Gasteiger partial charge on any atom is 0.223 e. The largest absolute Gasteiger partial charge is 0.490 e. The van der Waals surface area contributed by atoms with E-state index in [0.29, 0.717) is 5.41 Å². The van der Waals surface area contributed by atoms with Gasteiger partial charge >= 0.3 is 0 Å². The van der Waals surface area contributed by atoms with E-state index in [-0.39, 0.29) is 30.5 Å². The minimum atomic E-state index is -0.385. The monoisotopic (exact) mass is 345 g/mol. The number of hydrogen-bond acceptors (Lipinski definition) is 2. The first-order valence-electron chi connectivity index (χ1n) is 9.76. The van der Waals surface area contributed by atoms with Gasteiger partial charge in [0, 0.05) is 6.54 Å². The highest BCUT2D eigenvalue weighted by Gasteiger charge is 2.50. The number of carbonyl (C=O) groups excluding carboxylic acids is 1. The van der Waals surface area contributed by atoms with Crippen LogP contribution in [0, 0.1) is 29.0 Å². The van der Waals surface area contributed by atoms with Crippen molar-refractivity contribution in [1.29, 1.82) is 0 Å². The molecule has 1 N–H and O–H groups in total. The summed E-state index contributed by atoms with van der Waals surface area (Å²) in [5.41, 5.74) is 0.506. The van der Waals surface area contributed by atoms with Crippen molar-refractivity contribution in [2.45, 2.75) is 51.4 Å². The Hall–Kier alpha value is -1.58. The van der Waals surface area contributed by atoms with Crippen molar-refractivity contribution in [3.63, 3.8) is 0 Å². The molecule has 1 aromatic carbocycles. The van der Waals surface area contributed by atoms with Crippen molar-refractivity contribution in [3.8, 4) is 5.75 Å². The zero-order valence-electron chi connectivity index (χ0n) is 14.8. The molecule has 0 aliphatic heterocycles. The van der Waals surface area contributed by atoms with Gasteiger partial charge in [0.15, 0.2) is 11.6 Å². The van der Waals surface area contributed by atoms with Gasteiger partial charge in [-0.15, -0.1) is 0 Å². The normalized spacial score (nSPS) is 32.6. The highest BCUT2D eigenvalue weighted by molar-refractivity contribution is 5.75. The Balaban J connectivity index is 1.18. The summed E-state index contributed by atoms with van der Waals surface area (Å²) in [5, 5.41) is 3.05. The third-order valence-electron chi connectivity index (χ3n) is 6.57. The molecule has 1 amide bonds. The highest BCUT2D eigenvalue weighted by atomic mass is 19.1. The third-order valence-corrected chi connectivity index (χ3v) is 6.57. The molecule has 0 aromatic heterocycles. The summed E-state index contributed by atoms with van der Waals surface area (Å²) in [7, 11) is 0. The van der Waals surface area contributed by atoms with E-state index in [2.05, 4.69) is 5.32 Å². The zero-order valence-corrected chi connectivity index (χ0v) is 14.8. The van der Waals surface area contributed by atoms with Crippen LogP contribution in [0.1, 0.15) is 51.4 Å². The van der Waals surface area contributed by atoms with Crippen LogP contribution in [0.3, 0.4) is 0 Å². The van der Waals surface area contributed by atoms with Crippen LogP contribution in [0.2, 0.25) is 0 Å². The average Bonchev–Trinajstić information content (AvgIpc) is 2.55. The molecule has 25 heavy (non-hydrogen) atoms. The number of benzene rings is 1. The number of halogens is 1. The highest BCUT2D eigenvalue weighted by Crippen LogP contribution is 2.61. The molecule has 3 nitrogen and oxygen atoms in total. The number of ether oxygens (including phenoxy) is 1. The molecule has 0 heterocycles. The molecule has 0 radical (unpaired) electrons. The lowest BCUT2D eigenvalue weighted by atomic mass is 9.49. The van der Waals surface area contributed by atoms with Crippen molar-refractivity contribution in [2.24, 2.45) is 23.2 Å². The summed E-state index contributed by atoms with van der Waals surface area (Å²) in [6.45, 7) is 0.981. The number of para-hydroxylation sites is 1. The van der Waals surface area contributed by atoms with E-state index < -0.39 is 0 Å². The van der Waals surface area contributed by atoms with Crippen LogP contribution in [0.25, 0.3) is 0 Å². The molecular weight excluding hydrogens is 317 g/mol. The lowest BCUT2D eigenvalue weighted by molar-refractivity contribution is -0.122. The molecule has 0 saturated heterocycles. The van der Waals surface area contributed by atoms with Crippen LogP contribution < -0.4 is 10.1 Å². The van der Waals surface area contributed by atoms with E-state index in [9.17, 15) is 9.18 Å². The van der Waals surface area contributed by atoms with E-state index in [1.165, 1.54) is 44.6 Å². The van der Waals surface area contributed by atoms with Crippen molar-refractivity contribution in [3.05, 3.63) is 30.1 Å². The second kappa shape index (κ2) is 6.97. The summed E-state index contributed by atoms with van der Waals surface area (Å²) < 4.78 is 18.8. The molecule has 4 heteroatoms. The third kappa shape index (κ3) is 3.83. The van der Waals surface area contributed by atoms with Crippen LogP contribution in [0.5, 0.6) is 5.75 Å². The maximum absolute atomic E-state index is 13.5. The van der Waals surface area contributed by atoms with Crippen LogP contribution >= 0.6 is 0 Å².